The molecule has 15 heavy (non-hydrogen) atoms. The predicted molar refractivity (Wildman–Crippen MR) is 57.7 cm³/mol. The third kappa shape index (κ3) is 3.88. The zero-order valence-corrected chi connectivity index (χ0v) is 9.20. The van der Waals surface area contributed by atoms with Gasteiger partial charge in [-0.1, -0.05) is 0 Å². The summed E-state index contributed by atoms with van der Waals surface area (Å²) in [6.45, 7) is 2.26. The lowest BCUT2D eigenvalue weighted by Crippen LogP contribution is -2.37. The molecule has 0 aromatic heterocycles. The maximum absolute atomic E-state index is 11.7. The van der Waals surface area contributed by atoms with Crippen molar-refractivity contribution < 1.29 is 4.79 Å². The van der Waals surface area contributed by atoms with Crippen LogP contribution in [0.4, 0.5) is 0 Å². The van der Waals surface area contributed by atoms with Gasteiger partial charge in [-0.2, -0.15) is 5.26 Å². The molecule has 1 saturated carbocycles. The van der Waals surface area contributed by atoms with E-state index in [0.29, 0.717) is 6.54 Å². The summed E-state index contributed by atoms with van der Waals surface area (Å²) < 4.78 is 0. The number of rotatable bonds is 3. The number of hydrogen-bond donors (Lipinski definition) is 2. The van der Waals surface area contributed by atoms with Gasteiger partial charge < -0.3 is 11.1 Å². The molecule has 1 aliphatic rings. The van der Waals surface area contributed by atoms with Crippen LogP contribution < -0.4 is 11.1 Å². The summed E-state index contributed by atoms with van der Waals surface area (Å²) in [5, 5.41) is 11.4. The van der Waals surface area contributed by atoms with Crippen LogP contribution in [0.2, 0.25) is 0 Å². The minimum atomic E-state index is -0.111. The van der Waals surface area contributed by atoms with Crippen molar-refractivity contribution in [3.8, 4) is 6.07 Å². The largest absolute Gasteiger partial charge is 0.355 e. The predicted octanol–water partition coefficient (Wildman–Crippen LogP) is 0.780. The van der Waals surface area contributed by atoms with E-state index in [9.17, 15) is 4.79 Å². The molecular weight excluding hydrogens is 190 g/mol. The van der Waals surface area contributed by atoms with Crippen LogP contribution in [0.5, 0.6) is 0 Å². The molecule has 1 atom stereocenters. The van der Waals surface area contributed by atoms with Crippen molar-refractivity contribution >= 4 is 5.91 Å². The molecule has 0 spiro atoms. The van der Waals surface area contributed by atoms with Gasteiger partial charge in [0.15, 0.2) is 0 Å². The number of nitrogens with two attached hydrogens (primary N) is 1. The molecule has 1 unspecified atom stereocenters. The molecule has 84 valence electrons. The molecule has 0 bridgehead atoms. The van der Waals surface area contributed by atoms with Crippen LogP contribution in [0.15, 0.2) is 0 Å². The van der Waals surface area contributed by atoms with Crippen molar-refractivity contribution in [2.45, 2.75) is 38.6 Å². The summed E-state index contributed by atoms with van der Waals surface area (Å²) in [5.74, 6) is 0.0829. The van der Waals surface area contributed by atoms with Crippen LogP contribution in [-0.4, -0.2) is 18.5 Å². The maximum atomic E-state index is 11.7. The van der Waals surface area contributed by atoms with Crippen LogP contribution in [-0.2, 0) is 4.79 Å². The monoisotopic (exact) mass is 209 g/mol. The highest BCUT2D eigenvalue weighted by Crippen LogP contribution is 2.23. The Balaban J connectivity index is 2.26. The van der Waals surface area contributed by atoms with E-state index in [1.54, 1.807) is 6.92 Å². The van der Waals surface area contributed by atoms with Crippen molar-refractivity contribution in [2.24, 2.45) is 17.6 Å². The number of carbonyl (C=O) groups is 1. The lowest BCUT2D eigenvalue weighted by molar-refractivity contribution is -0.126. The van der Waals surface area contributed by atoms with E-state index in [4.69, 9.17) is 11.0 Å². The average molecular weight is 209 g/mol. The molecule has 4 nitrogen and oxygen atoms in total. The van der Waals surface area contributed by atoms with Gasteiger partial charge in [-0.05, 0) is 32.6 Å². The van der Waals surface area contributed by atoms with Crippen molar-refractivity contribution in [2.75, 3.05) is 6.54 Å². The normalized spacial score (nSPS) is 27.8. The Morgan fingerprint density at radius 3 is 2.67 bits per heavy atom. The maximum Gasteiger partial charge on any atom is 0.223 e. The van der Waals surface area contributed by atoms with E-state index in [0.717, 1.165) is 25.7 Å². The zero-order valence-electron chi connectivity index (χ0n) is 9.20. The zero-order chi connectivity index (χ0) is 11.3. The quantitative estimate of drug-likeness (QED) is 0.721. The molecule has 1 fully saturated rings. The first kappa shape index (κ1) is 12.0. The third-order valence-electron chi connectivity index (χ3n) is 2.95. The SMILES string of the molecule is CC(C#N)CNC(=O)C1CCC(N)CC1. The van der Waals surface area contributed by atoms with Gasteiger partial charge >= 0.3 is 0 Å². The Kier molecular flexibility index (Phi) is 4.57. The molecule has 1 rings (SSSR count). The number of nitriles is 1. The fourth-order valence-electron chi connectivity index (χ4n) is 1.83. The fourth-order valence-corrected chi connectivity index (χ4v) is 1.83. The summed E-state index contributed by atoms with van der Waals surface area (Å²) in [4.78, 5) is 11.7. The molecular formula is C11H19N3O. The molecule has 0 aromatic carbocycles. The first-order valence-electron chi connectivity index (χ1n) is 5.56. The second-order valence-electron chi connectivity index (χ2n) is 4.39. The van der Waals surface area contributed by atoms with E-state index in [2.05, 4.69) is 11.4 Å². The molecule has 1 aliphatic carbocycles. The third-order valence-corrected chi connectivity index (χ3v) is 2.95. The second-order valence-corrected chi connectivity index (χ2v) is 4.39. The van der Waals surface area contributed by atoms with Crippen molar-refractivity contribution in [1.29, 1.82) is 5.26 Å². The lowest BCUT2D eigenvalue weighted by Gasteiger charge is -2.25. The Hall–Kier alpha value is -1.08. The van der Waals surface area contributed by atoms with E-state index in [-0.39, 0.29) is 23.8 Å². The Bertz CT molecular complexity index is 251. The van der Waals surface area contributed by atoms with Gasteiger partial charge in [0.2, 0.25) is 5.91 Å². The Labute approximate surface area is 90.8 Å². The smallest absolute Gasteiger partial charge is 0.223 e. The molecule has 0 radical (unpaired) electrons. The number of nitrogens with zero attached hydrogens (tertiary/aromatic N) is 1. The molecule has 1 amide bonds. The highest BCUT2D eigenvalue weighted by atomic mass is 16.1. The standard InChI is InChI=1S/C11H19N3O/c1-8(6-12)7-14-11(15)9-2-4-10(13)5-3-9/h8-10H,2-5,7,13H2,1H3,(H,14,15). The first-order valence-corrected chi connectivity index (χ1v) is 5.56. The van der Waals surface area contributed by atoms with Crippen LogP contribution in [0.25, 0.3) is 0 Å². The van der Waals surface area contributed by atoms with E-state index >= 15 is 0 Å². The van der Waals surface area contributed by atoms with Crippen molar-refractivity contribution in [1.82, 2.24) is 5.32 Å². The van der Waals surface area contributed by atoms with Crippen molar-refractivity contribution in [3.63, 3.8) is 0 Å². The minimum Gasteiger partial charge on any atom is -0.355 e. The van der Waals surface area contributed by atoms with E-state index < -0.39 is 0 Å². The number of hydrogen-bond acceptors (Lipinski definition) is 3. The van der Waals surface area contributed by atoms with Gasteiger partial charge in [0.25, 0.3) is 0 Å². The highest BCUT2D eigenvalue weighted by molar-refractivity contribution is 5.78. The number of amides is 1. The highest BCUT2D eigenvalue weighted by Gasteiger charge is 2.24. The van der Waals surface area contributed by atoms with Gasteiger partial charge in [0, 0.05) is 18.5 Å². The van der Waals surface area contributed by atoms with Gasteiger partial charge in [0.1, 0.15) is 0 Å². The summed E-state index contributed by atoms with van der Waals surface area (Å²) in [5.41, 5.74) is 5.77. The minimum absolute atomic E-state index is 0.0870. The molecule has 0 aliphatic heterocycles. The Morgan fingerprint density at radius 1 is 1.53 bits per heavy atom. The summed E-state index contributed by atoms with van der Waals surface area (Å²) in [7, 11) is 0. The topological polar surface area (TPSA) is 78.9 Å². The van der Waals surface area contributed by atoms with Gasteiger partial charge in [-0.25, -0.2) is 0 Å². The molecule has 4 heteroatoms. The summed E-state index contributed by atoms with van der Waals surface area (Å²) in [6, 6.07) is 2.37. The van der Waals surface area contributed by atoms with Gasteiger partial charge in [-0.15, -0.1) is 0 Å². The van der Waals surface area contributed by atoms with Crippen LogP contribution in [0, 0.1) is 23.2 Å². The van der Waals surface area contributed by atoms with Crippen molar-refractivity contribution in [3.05, 3.63) is 0 Å². The first-order chi connectivity index (χ1) is 7.13. The van der Waals surface area contributed by atoms with Gasteiger partial charge in [-0.3, -0.25) is 4.79 Å². The van der Waals surface area contributed by atoms with Gasteiger partial charge in [0.05, 0.1) is 12.0 Å². The molecule has 0 saturated heterocycles. The van der Waals surface area contributed by atoms with Crippen LogP contribution in [0.1, 0.15) is 32.6 Å². The lowest BCUT2D eigenvalue weighted by atomic mass is 9.86. The van der Waals surface area contributed by atoms with Crippen LogP contribution in [0.3, 0.4) is 0 Å². The van der Waals surface area contributed by atoms with Crippen LogP contribution >= 0.6 is 0 Å². The summed E-state index contributed by atoms with van der Waals surface area (Å²) >= 11 is 0. The number of carbonyl (C=O) groups excluding carboxylic acids is 1. The number of nitrogens with one attached hydrogen (secondary N) is 1. The average Bonchev–Trinajstić information content (AvgIpc) is 2.26. The Morgan fingerprint density at radius 2 is 2.13 bits per heavy atom. The molecule has 3 N–H and O–H groups in total. The van der Waals surface area contributed by atoms with E-state index in [1.165, 1.54) is 0 Å². The fraction of sp³-hybridized carbons (Fsp3) is 0.818. The molecule has 0 aromatic rings. The second kappa shape index (κ2) is 5.72. The molecule has 0 heterocycles. The summed E-state index contributed by atoms with van der Waals surface area (Å²) in [6.07, 6.45) is 3.64. The van der Waals surface area contributed by atoms with E-state index in [1.807, 2.05) is 0 Å².